The lowest BCUT2D eigenvalue weighted by atomic mass is 9.67. The van der Waals surface area contributed by atoms with Crippen LogP contribution in [0, 0.1) is 35.5 Å². The zero-order valence-electron chi connectivity index (χ0n) is 9.81. The molecule has 2 bridgehead atoms. The van der Waals surface area contributed by atoms with E-state index in [1.165, 1.54) is 0 Å². The molecule has 6 atom stereocenters. The van der Waals surface area contributed by atoms with Crippen molar-refractivity contribution in [2.75, 3.05) is 0 Å². The molecule has 102 valence electrons. The summed E-state index contributed by atoms with van der Waals surface area (Å²) >= 11 is 0. The van der Waals surface area contributed by atoms with Crippen LogP contribution in [0.4, 0.5) is 0 Å². The molecule has 0 radical (unpaired) electrons. The Balaban J connectivity index is 2.06. The second kappa shape index (κ2) is 3.79. The molecule has 2 aliphatic carbocycles. The molecule has 1 heterocycles. The van der Waals surface area contributed by atoms with E-state index in [-0.39, 0.29) is 12.3 Å². The zero-order valence-corrected chi connectivity index (χ0v) is 9.81. The third-order valence-electron chi connectivity index (χ3n) is 4.79. The summed E-state index contributed by atoms with van der Waals surface area (Å²) in [6.07, 6.45) is 0.248. The molecule has 3 rings (SSSR count). The van der Waals surface area contributed by atoms with Crippen LogP contribution in [0.1, 0.15) is 12.8 Å². The lowest BCUT2D eigenvalue weighted by molar-refractivity contribution is -0.167. The number of carbonyl (C=O) groups excluding carboxylic acids is 2. The summed E-state index contributed by atoms with van der Waals surface area (Å²) in [6, 6.07) is 0. The SMILES string of the molecule is O=C1CC2C3CC(C2C(=O)O)C(C(=O)O)C3C(=O)O1. The second-order valence-electron chi connectivity index (χ2n) is 5.48. The normalized spacial score (nSPS) is 43.8. The van der Waals surface area contributed by atoms with E-state index in [1.807, 2.05) is 0 Å². The Morgan fingerprint density at radius 3 is 2.21 bits per heavy atom. The molecule has 2 N–H and O–H groups in total. The molecule has 1 saturated heterocycles. The number of carboxylic acid groups (broad SMARTS) is 2. The number of esters is 2. The fourth-order valence-electron chi connectivity index (χ4n) is 4.25. The molecule has 0 aromatic heterocycles. The summed E-state index contributed by atoms with van der Waals surface area (Å²) in [4.78, 5) is 45.9. The topological polar surface area (TPSA) is 118 Å². The van der Waals surface area contributed by atoms with E-state index in [2.05, 4.69) is 4.74 Å². The van der Waals surface area contributed by atoms with Crippen LogP contribution in [0.5, 0.6) is 0 Å². The van der Waals surface area contributed by atoms with Crippen LogP contribution in [0.2, 0.25) is 0 Å². The van der Waals surface area contributed by atoms with Crippen LogP contribution in [0.15, 0.2) is 0 Å². The summed E-state index contributed by atoms with van der Waals surface area (Å²) < 4.78 is 4.60. The van der Waals surface area contributed by atoms with Crippen molar-refractivity contribution in [3.63, 3.8) is 0 Å². The molecule has 2 saturated carbocycles. The average molecular weight is 268 g/mol. The van der Waals surface area contributed by atoms with Crippen LogP contribution in [-0.2, 0) is 23.9 Å². The summed E-state index contributed by atoms with van der Waals surface area (Å²) in [5, 5.41) is 18.5. The second-order valence-corrected chi connectivity index (χ2v) is 5.48. The first-order valence-corrected chi connectivity index (χ1v) is 6.12. The van der Waals surface area contributed by atoms with E-state index < -0.39 is 53.5 Å². The Morgan fingerprint density at radius 2 is 1.63 bits per heavy atom. The van der Waals surface area contributed by atoms with E-state index >= 15 is 0 Å². The van der Waals surface area contributed by atoms with Crippen molar-refractivity contribution >= 4 is 23.9 Å². The number of carboxylic acids is 2. The van der Waals surface area contributed by atoms with Crippen molar-refractivity contribution in [2.24, 2.45) is 35.5 Å². The quantitative estimate of drug-likeness (QED) is 0.523. The zero-order chi connectivity index (χ0) is 13.9. The van der Waals surface area contributed by atoms with Crippen molar-refractivity contribution in [3.8, 4) is 0 Å². The minimum atomic E-state index is -1.19. The molecular formula is C12H12O7. The summed E-state index contributed by atoms with van der Waals surface area (Å²) in [6.45, 7) is 0. The van der Waals surface area contributed by atoms with Gasteiger partial charge in [-0.05, 0) is 24.2 Å². The van der Waals surface area contributed by atoms with Gasteiger partial charge in [-0.25, -0.2) is 0 Å². The number of cyclic esters (lactones) is 2. The minimum Gasteiger partial charge on any atom is -0.481 e. The van der Waals surface area contributed by atoms with Crippen molar-refractivity contribution in [2.45, 2.75) is 12.8 Å². The fourth-order valence-corrected chi connectivity index (χ4v) is 4.25. The monoisotopic (exact) mass is 268 g/mol. The van der Waals surface area contributed by atoms with Crippen LogP contribution in [0.3, 0.4) is 0 Å². The van der Waals surface area contributed by atoms with Crippen molar-refractivity contribution in [3.05, 3.63) is 0 Å². The first kappa shape index (κ1) is 12.1. The molecule has 0 amide bonds. The molecular weight excluding hydrogens is 256 g/mol. The molecule has 3 aliphatic rings. The van der Waals surface area contributed by atoms with Gasteiger partial charge in [0.15, 0.2) is 0 Å². The molecule has 7 nitrogen and oxygen atoms in total. The van der Waals surface area contributed by atoms with Gasteiger partial charge in [0.25, 0.3) is 0 Å². The summed E-state index contributed by atoms with van der Waals surface area (Å²) in [7, 11) is 0. The van der Waals surface area contributed by atoms with Gasteiger partial charge in [0.1, 0.15) is 0 Å². The van der Waals surface area contributed by atoms with E-state index in [0.29, 0.717) is 6.42 Å². The Labute approximate surface area is 107 Å². The van der Waals surface area contributed by atoms with Gasteiger partial charge in [-0.2, -0.15) is 0 Å². The number of ether oxygens (including phenoxy) is 1. The number of hydrogen-bond donors (Lipinski definition) is 2. The predicted molar refractivity (Wildman–Crippen MR) is 56.5 cm³/mol. The molecule has 0 aromatic carbocycles. The van der Waals surface area contributed by atoms with Crippen molar-refractivity contribution in [1.29, 1.82) is 0 Å². The van der Waals surface area contributed by atoms with Gasteiger partial charge < -0.3 is 14.9 Å². The standard InChI is InChI=1S/C12H12O7/c13-6-2-4-3-1-5(7(4)10(14)15)8(11(16)17)9(3)12(18)19-6/h3-5,7-9H,1-2H2,(H,14,15)(H,16,17). The summed E-state index contributed by atoms with van der Waals surface area (Å²) in [5.74, 6) is -8.09. The number of aliphatic carboxylic acids is 2. The van der Waals surface area contributed by atoms with E-state index in [1.54, 1.807) is 0 Å². The lowest BCUT2D eigenvalue weighted by Gasteiger charge is -2.33. The maximum atomic E-state index is 11.8. The summed E-state index contributed by atoms with van der Waals surface area (Å²) in [5.41, 5.74) is 0. The number of carbonyl (C=O) groups is 4. The van der Waals surface area contributed by atoms with Crippen molar-refractivity contribution < 1.29 is 34.1 Å². The maximum absolute atomic E-state index is 11.8. The maximum Gasteiger partial charge on any atom is 0.317 e. The smallest absolute Gasteiger partial charge is 0.317 e. The van der Waals surface area contributed by atoms with Crippen LogP contribution >= 0.6 is 0 Å². The Hall–Kier alpha value is -1.92. The number of hydrogen-bond acceptors (Lipinski definition) is 5. The highest BCUT2D eigenvalue weighted by Gasteiger charge is 2.66. The van der Waals surface area contributed by atoms with Gasteiger partial charge in [0.05, 0.1) is 17.8 Å². The molecule has 7 heteroatoms. The van der Waals surface area contributed by atoms with E-state index in [9.17, 15) is 29.4 Å². The van der Waals surface area contributed by atoms with Gasteiger partial charge in [0, 0.05) is 6.42 Å². The van der Waals surface area contributed by atoms with Crippen molar-refractivity contribution in [1.82, 2.24) is 0 Å². The Morgan fingerprint density at radius 1 is 1.00 bits per heavy atom. The third kappa shape index (κ3) is 1.50. The number of fused-ring (bicyclic) bond motifs is 1. The largest absolute Gasteiger partial charge is 0.481 e. The number of rotatable bonds is 2. The third-order valence-corrected chi connectivity index (χ3v) is 4.79. The molecule has 19 heavy (non-hydrogen) atoms. The van der Waals surface area contributed by atoms with Crippen LogP contribution in [-0.4, -0.2) is 34.1 Å². The van der Waals surface area contributed by atoms with Gasteiger partial charge in [-0.3, -0.25) is 19.2 Å². The Kier molecular flexibility index (Phi) is 2.42. The molecule has 1 aliphatic heterocycles. The van der Waals surface area contributed by atoms with Gasteiger partial charge >= 0.3 is 23.9 Å². The van der Waals surface area contributed by atoms with Gasteiger partial charge in [0.2, 0.25) is 0 Å². The molecule has 3 fully saturated rings. The minimum absolute atomic E-state index is 0.118. The highest BCUT2D eigenvalue weighted by Crippen LogP contribution is 2.60. The predicted octanol–water partition coefficient (Wildman–Crippen LogP) is -0.256. The van der Waals surface area contributed by atoms with E-state index in [4.69, 9.17) is 0 Å². The van der Waals surface area contributed by atoms with Crippen LogP contribution in [0.25, 0.3) is 0 Å². The highest BCUT2D eigenvalue weighted by atomic mass is 16.6. The Bertz CT molecular complexity index is 496. The first-order valence-electron chi connectivity index (χ1n) is 6.12. The van der Waals surface area contributed by atoms with E-state index in [0.717, 1.165) is 0 Å². The van der Waals surface area contributed by atoms with Gasteiger partial charge in [-0.1, -0.05) is 0 Å². The average Bonchev–Trinajstić information content (AvgIpc) is 2.80. The molecule has 0 aromatic rings. The first-order chi connectivity index (χ1) is 8.91. The molecule has 0 spiro atoms. The lowest BCUT2D eigenvalue weighted by Crippen LogP contribution is -2.43. The molecule has 6 unspecified atom stereocenters. The van der Waals surface area contributed by atoms with Crippen LogP contribution < -0.4 is 0 Å². The fraction of sp³-hybridized carbons (Fsp3) is 0.667. The highest BCUT2D eigenvalue weighted by molar-refractivity contribution is 5.93. The van der Waals surface area contributed by atoms with Gasteiger partial charge in [-0.15, -0.1) is 0 Å².